The van der Waals surface area contributed by atoms with E-state index < -0.39 is 5.91 Å². The molecular formula is C14H17ClN4O. The zero-order valence-electron chi connectivity index (χ0n) is 11.6. The molecule has 2 aromatic rings. The number of benzene rings is 1. The van der Waals surface area contributed by atoms with Crippen LogP contribution in [0.4, 0.5) is 5.82 Å². The Hall–Kier alpha value is -2.01. The molecule has 20 heavy (non-hydrogen) atoms. The molecule has 0 radical (unpaired) electrons. The van der Waals surface area contributed by atoms with Crippen molar-refractivity contribution in [1.82, 2.24) is 9.78 Å². The van der Waals surface area contributed by atoms with E-state index in [1.165, 1.54) is 0 Å². The average Bonchev–Trinajstić information content (AvgIpc) is 2.67. The van der Waals surface area contributed by atoms with Gasteiger partial charge in [0.05, 0.1) is 5.54 Å². The molecule has 0 spiro atoms. The summed E-state index contributed by atoms with van der Waals surface area (Å²) in [4.78, 5) is 11.7. The van der Waals surface area contributed by atoms with E-state index in [0.29, 0.717) is 10.7 Å². The van der Waals surface area contributed by atoms with Crippen LogP contribution in [0.15, 0.2) is 24.3 Å². The Morgan fingerprint density at radius 1 is 1.25 bits per heavy atom. The van der Waals surface area contributed by atoms with Crippen molar-refractivity contribution in [2.45, 2.75) is 26.3 Å². The third-order valence-corrected chi connectivity index (χ3v) is 3.17. The number of anilines is 1. The zero-order valence-corrected chi connectivity index (χ0v) is 12.4. The number of rotatable bonds is 2. The SMILES string of the molecule is CC(C)(C)n1nc(-c2ccc(Cl)cc2)c(C(N)=O)c1N. The van der Waals surface area contributed by atoms with Gasteiger partial charge in [-0.1, -0.05) is 23.7 Å². The highest BCUT2D eigenvalue weighted by atomic mass is 35.5. The van der Waals surface area contributed by atoms with Crippen LogP contribution in [0, 0.1) is 0 Å². The van der Waals surface area contributed by atoms with Gasteiger partial charge in [0.25, 0.3) is 5.91 Å². The Labute approximate surface area is 122 Å². The molecule has 0 fully saturated rings. The molecule has 1 amide bonds. The van der Waals surface area contributed by atoms with E-state index in [-0.39, 0.29) is 16.9 Å². The first-order valence-corrected chi connectivity index (χ1v) is 6.54. The lowest BCUT2D eigenvalue weighted by Gasteiger charge is -2.20. The number of hydrogen-bond acceptors (Lipinski definition) is 3. The van der Waals surface area contributed by atoms with Crippen molar-refractivity contribution in [3.8, 4) is 11.3 Å². The maximum absolute atomic E-state index is 11.7. The lowest BCUT2D eigenvalue weighted by molar-refractivity contribution is 0.100. The van der Waals surface area contributed by atoms with Crippen molar-refractivity contribution < 1.29 is 4.79 Å². The molecule has 1 heterocycles. The van der Waals surface area contributed by atoms with Crippen molar-refractivity contribution in [2.75, 3.05) is 5.73 Å². The quantitative estimate of drug-likeness (QED) is 0.892. The summed E-state index contributed by atoms with van der Waals surface area (Å²) in [6, 6.07) is 7.02. The topological polar surface area (TPSA) is 86.9 Å². The van der Waals surface area contributed by atoms with Crippen LogP contribution in [0.2, 0.25) is 5.02 Å². The van der Waals surface area contributed by atoms with Crippen LogP contribution in [-0.2, 0) is 5.54 Å². The van der Waals surface area contributed by atoms with Gasteiger partial charge in [-0.05, 0) is 32.9 Å². The summed E-state index contributed by atoms with van der Waals surface area (Å²) in [5, 5.41) is 5.06. The van der Waals surface area contributed by atoms with Gasteiger partial charge < -0.3 is 11.5 Å². The van der Waals surface area contributed by atoms with Crippen LogP contribution in [-0.4, -0.2) is 15.7 Å². The van der Waals surface area contributed by atoms with Crippen molar-refractivity contribution in [2.24, 2.45) is 5.73 Å². The number of aromatic nitrogens is 2. The van der Waals surface area contributed by atoms with Gasteiger partial charge in [-0.3, -0.25) is 4.79 Å². The van der Waals surface area contributed by atoms with Gasteiger partial charge in [-0.2, -0.15) is 5.10 Å². The zero-order chi connectivity index (χ0) is 15.1. The third-order valence-electron chi connectivity index (χ3n) is 2.92. The summed E-state index contributed by atoms with van der Waals surface area (Å²) >= 11 is 5.87. The predicted molar refractivity (Wildman–Crippen MR) is 80.6 cm³/mol. The van der Waals surface area contributed by atoms with E-state index in [1.807, 2.05) is 20.8 Å². The van der Waals surface area contributed by atoms with Crippen molar-refractivity contribution in [3.05, 3.63) is 34.9 Å². The van der Waals surface area contributed by atoms with Gasteiger partial charge >= 0.3 is 0 Å². The van der Waals surface area contributed by atoms with Crippen LogP contribution < -0.4 is 11.5 Å². The summed E-state index contributed by atoms with van der Waals surface area (Å²) in [6.07, 6.45) is 0. The first kappa shape index (κ1) is 14.4. The average molecular weight is 293 g/mol. The molecule has 0 aliphatic heterocycles. The van der Waals surface area contributed by atoms with Gasteiger partial charge in [0.15, 0.2) is 0 Å². The fraction of sp³-hybridized carbons (Fsp3) is 0.286. The molecule has 0 unspecified atom stereocenters. The summed E-state index contributed by atoms with van der Waals surface area (Å²) < 4.78 is 1.61. The predicted octanol–water partition coefficient (Wildman–Crippen LogP) is 2.64. The smallest absolute Gasteiger partial charge is 0.254 e. The fourth-order valence-electron chi connectivity index (χ4n) is 2.00. The molecular weight excluding hydrogens is 276 g/mol. The number of nitrogens with zero attached hydrogens (tertiary/aromatic N) is 2. The van der Waals surface area contributed by atoms with E-state index in [2.05, 4.69) is 5.10 Å². The summed E-state index contributed by atoms with van der Waals surface area (Å²) in [5.74, 6) is -0.321. The second-order valence-corrected chi connectivity index (χ2v) is 6.00. The molecule has 1 aromatic carbocycles. The minimum Gasteiger partial charge on any atom is -0.383 e. The van der Waals surface area contributed by atoms with Gasteiger partial charge in [-0.15, -0.1) is 0 Å². The normalized spacial score (nSPS) is 11.6. The monoisotopic (exact) mass is 292 g/mol. The van der Waals surface area contributed by atoms with Crippen LogP contribution in [0.3, 0.4) is 0 Å². The Kier molecular flexibility index (Phi) is 3.48. The maximum Gasteiger partial charge on any atom is 0.254 e. The van der Waals surface area contributed by atoms with Gasteiger partial charge in [0.2, 0.25) is 0 Å². The van der Waals surface area contributed by atoms with E-state index in [4.69, 9.17) is 23.1 Å². The minimum atomic E-state index is -0.594. The molecule has 6 heteroatoms. The number of nitrogens with two attached hydrogens (primary N) is 2. The van der Waals surface area contributed by atoms with E-state index in [9.17, 15) is 4.79 Å². The third kappa shape index (κ3) is 2.49. The van der Waals surface area contributed by atoms with Gasteiger partial charge in [0.1, 0.15) is 17.1 Å². The molecule has 0 saturated heterocycles. The van der Waals surface area contributed by atoms with Gasteiger partial charge in [-0.25, -0.2) is 4.68 Å². The first-order chi connectivity index (χ1) is 9.21. The summed E-state index contributed by atoms with van der Waals surface area (Å²) in [5.41, 5.74) is 12.6. The van der Waals surface area contributed by atoms with E-state index >= 15 is 0 Å². The lowest BCUT2D eigenvalue weighted by Crippen LogP contribution is -2.25. The second kappa shape index (κ2) is 4.83. The molecule has 0 aliphatic rings. The largest absolute Gasteiger partial charge is 0.383 e. The molecule has 4 N–H and O–H groups in total. The Bertz CT molecular complexity index is 653. The van der Waals surface area contributed by atoms with Crippen molar-refractivity contribution in [3.63, 3.8) is 0 Å². The summed E-state index contributed by atoms with van der Waals surface area (Å²) in [7, 11) is 0. The first-order valence-electron chi connectivity index (χ1n) is 6.16. The molecule has 0 atom stereocenters. The number of primary amides is 1. The Morgan fingerprint density at radius 2 is 1.80 bits per heavy atom. The number of halogens is 1. The number of carbonyl (C=O) groups is 1. The van der Waals surface area contributed by atoms with E-state index in [1.54, 1.807) is 28.9 Å². The van der Waals surface area contributed by atoms with Crippen molar-refractivity contribution >= 4 is 23.3 Å². The van der Waals surface area contributed by atoms with Gasteiger partial charge in [0, 0.05) is 10.6 Å². The molecule has 0 saturated carbocycles. The van der Waals surface area contributed by atoms with Crippen LogP contribution in [0.1, 0.15) is 31.1 Å². The highest BCUT2D eigenvalue weighted by molar-refractivity contribution is 6.30. The highest BCUT2D eigenvalue weighted by Gasteiger charge is 2.26. The lowest BCUT2D eigenvalue weighted by atomic mass is 10.1. The highest BCUT2D eigenvalue weighted by Crippen LogP contribution is 2.31. The van der Waals surface area contributed by atoms with Crippen LogP contribution >= 0.6 is 11.6 Å². The van der Waals surface area contributed by atoms with Crippen LogP contribution in [0.5, 0.6) is 0 Å². The molecule has 5 nitrogen and oxygen atoms in total. The number of nitrogen functional groups attached to an aromatic ring is 1. The number of amides is 1. The molecule has 1 aromatic heterocycles. The maximum atomic E-state index is 11.7. The van der Waals surface area contributed by atoms with E-state index in [0.717, 1.165) is 5.56 Å². The molecule has 0 bridgehead atoms. The van der Waals surface area contributed by atoms with Crippen LogP contribution in [0.25, 0.3) is 11.3 Å². The molecule has 0 aliphatic carbocycles. The summed E-state index contributed by atoms with van der Waals surface area (Å²) in [6.45, 7) is 5.85. The number of carbonyl (C=O) groups excluding carboxylic acids is 1. The second-order valence-electron chi connectivity index (χ2n) is 5.56. The minimum absolute atomic E-state index is 0.238. The molecule has 2 rings (SSSR count). The standard InChI is InChI=1S/C14H17ClN4O/c1-14(2,3)19-12(16)10(13(17)20)11(18-19)8-4-6-9(15)7-5-8/h4-7H,16H2,1-3H3,(H2,17,20). The Morgan fingerprint density at radius 3 is 2.25 bits per heavy atom. The number of hydrogen-bond donors (Lipinski definition) is 2. The fourth-order valence-corrected chi connectivity index (χ4v) is 2.12. The Balaban J connectivity index is 2.69. The molecule has 106 valence electrons. The van der Waals surface area contributed by atoms with Crippen molar-refractivity contribution in [1.29, 1.82) is 0 Å².